The summed E-state index contributed by atoms with van der Waals surface area (Å²) >= 11 is 0. The summed E-state index contributed by atoms with van der Waals surface area (Å²) in [4.78, 5) is 0. The SMILES string of the molecule is COc1ccccc1Oc1c(F)c(F)c(Oc2ccccc2OC)c(F)c1F. The summed E-state index contributed by atoms with van der Waals surface area (Å²) < 4.78 is 77.9. The van der Waals surface area contributed by atoms with Crippen LogP contribution in [0.4, 0.5) is 17.6 Å². The first kappa shape index (κ1) is 19.3. The van der Waals surface area contributed by atoms with E-state index < -0.39 is 34.8 Å². The van der Waals surface area contributed by atoms with Crippen LogP contribution in [0, 0.1) is 23.3 Å². The first-order valence-corrected chi connectivity index (χ1v) is 7.95. The minimum atomic E-state index is -1.75. The fraction of sp³-hybridized carbons (Fsp3) is 0.100. The van der Waals surface area contributed by atoms with Crippen LogP contribution in [0.25, 0.3) is 0 Å². The van der Waals surface area contributed by atoms with Gasteiger partial charge in [0, 0.05) is 0 Å². The molecule has 0 aliphatic rings. The monoisotopic (exact) mass is 394 g/mol. The van der Waals surface area contributed by atoms with Crippen molar-refractivity contribution < 1.29 is 36.5 Å². The maximum absolute atomic E-state index is 14.5. The second-order valence-corrected chi connectivity index (χ2v) is 5.42. The number of ether oxygens (including phenoxy) is 4. The zero-order valence-electron chi connectivity index (χ0n) is 14.8. The molecule has 8 heteroatoms. The van der Waals surface area contributed by atoms with E-state index in [9.17, 15) is 17.6 Å². The van der Waals surface area contributed by atoms with Gasteiger partial charge in [-0.1, -0.05) is 24.3 Å². The first-order chi connectivity index (χ1) is 13.5. The molecule has 3 aromatic rings. The van der Waals surface area contributed by atoms with Gasteiger partial charge in [0.05, 0.1) is 14.2 Å². The standard InChI is InChI=1S/C20H14F4O4/c1-25-11-7-3-5-9-13(11)27-19-15(21)17(23)20(18(24)16(19)22)28-14-10-6-4-8-12(14)26-2/h3-10H,1-2H3. The smallest absolute Gasteiger partial charge is 0.208 e. The molecule has 28 heavy (non-hydrogen) atoms. The molecule has 3 rings (SSSR count). The molecule has 0 aliphatic carbocycles. The van der Waals surface area contributed by atoms with Crippen molar-refractivity contribution in [2.45, 2.75) is 0 Å². The Morgan fingerprint density at radius 3 is 1.07 bits per heavy atom. The normalized spacial score (nSPS) is 10.5. The van der Waals surface area contributed by atoms with E-state index >= 15 is 0 Å². The molecule has 146 valence electrons. The van der Waals surface area contributed by atoms with Gasteiger partial charge in [0.15, 0.2) is 23.0 Å². The van der Waals surface area contributed by atoms with Gasteiger partial charge in [0.2, 0.25) is 34.8 Å². The summed E-state index contributed by atoms with van der Waals surface area (Å²) in [6, 6.07) is 11.7. The number of para-hydroxylation sites is 4. The van der Waals surface area contributed by atoms with E-state index in [1.165, 1.54) is 50.6 Å². The largest absolute Gasteiger partial charge is 0.493 e. The molecule has 0 saturated heterocycles. The van der Waals surface area contributed by atoms with E-state index in [4.69, 9.17) is 18.9 Å². The van der Waals surface area contributed by atoms with Gasteiger partial charge in [-0.2, -0.15) is 17.6 Å². The Bertz CT molecular complexity index is 898. The maximum atomic E-state index is 14.5. The van der Waals surface area contributed by atoms with Gasteiger partial charge in [0.25, 0.3) is 0 Å². The summed E-state index contributed by atoms with van der Waals surface area (Å²) in [6.45, 7) is 0. The van der Waals surface area contributed by atoms with E-state index in [2.05, 4.69) is 0 Å². The van der Waals surface area contributed by atoms with E-state index in [0.717, 1.165) is 0 Å². The molecule has 0 radical (unpaired) electrons. The van der Waals surface area contributed by atoms with Crippen LogP contribution in [-0.4, -0.2) is 14.2 Å². The summed E-state index contributed by atoms with van der Waals surface area (Å²) in [5.41, 5.74) is 0. The summed E-state index contributed by atoms with van der Waals surface area (Å²) in [7, 11) is 2.61. The van der Waals surface area contributed by atoms with Crippen molar-refractivity contribution in [1.29, 1.82) is 0 Å². The summed E-state index contributed by atoms with van der Waals surface area (Å²) in [5.74, 6) is -9.54. The Morgan fingerprint density at radius 1 is 0.500 bits per heavy atom. The minimum absolute atomic E-state index is 0.122. The van der Waals surface area contributed by atoms with Gasteiger partial charge in [-0.25, -0.2) is 0 Å². The molecule has 0 saturated carbocycles. The molecule has 0 spiro atoms. The van der Waals surface area contributed by atoms with E-state index in [1.807, 2.05) is 0 Å². The number of methoxy groups -OCH3 is 2. The molecule has 3 aromatic carbocycles. The third-order valence-corrected chi connectivity index (χ3v) is 3.75. The van der Waals surface area contributed by atoms with Crippen molar-refractivity contribution in [2.24, 2.45) is 0 Å². The molecular weight excluding hydrogens is 380 g/mol. The van der Waals surface area contributed by atoms with Crippen LogP contribution in [0.5, 0.6) is 34.5 Å². The molecule has 4 nitrogen and oxygen atoms in total. The first-order valence-electron chi connectivity index (χ1n) is 7.95. The number of hydrogen-bond acceptors (Lipinski definition) is 4. The van der Waals surface area contributed by atoms with Gasteiger partial charge in [-0.05, 0) is 24.3 Å². The molecule has 0 N–H and O–H groups in total. The second kappa shape index (κ2) is 8.08. The van der Waals surface area contributed by atoms with Crippen LogP contribution >= 0.6 is 0 Å². The average molecular weight is 394 g/mol. The van der Waals surface area contributed by atoms with Crippen LogP contribution in [-0.2, 0) is 0 Å². The molecule has 0 amide bonds. The molecule has 0 unspecified atom stereocenters. The van der Waals surface area contributed by atoms with Crippen LogP contribution in [0.1, 0.15) is 0 Å². The highest BCUT2D eigenvalue weighted by molar-refractivity contribution is 5.48. The van der Waals surface area contributed by atoms with Gasteiger partial charge >= 0.3 is 0 Å². The number of hydrogen-bond donors (Lipinski definition) is 0. The number of rotatable bonds is 6. The Labute approximate surface area is 157 Å². The Balaban J connectivity index is 2.04. The van der Waals surface area contributed by atoms with Crippen molar-refractivity contribution >= 4 is 0 Å². The molecule has 0 aromatic heterocycles. The molecule has 0 heterocycles. The lowest BCUT2D eigenvalue weighted by molar-refractivity contribution is 0.314. The summed E-state index contributed by atoms with van der Waals surface area (Å²) in [5, 5.41) is 0. The molecule has 0 fully saturated rings. The van der Waals surface area contributed by atoms with Crippen molar-refractivity contribution in [3.63, 3.8) is 0 Å². The fourth-order valence-corrected chi connectivity index (χ4v) is 2.40. The predicted octanol–water partition coefficient (Wildman–Crippen LogP) is 5.84. The predicted molar refractivity (Wildman–Crippen MR) is 92.4 cm³/mol. The number of halogens is 4. The Morgan fingerprint density at radius 2 is 0.786 bits per heavy atom. The highest BCUT2D eigenvalue weighted by Crippen LogP contribution is 2.41. The van der Waals surface area contributed by atoms with Crippen molar-refractivity contribution in [1.82, 2.24) is 0 Å². The van der Waals surface area contributed by atoms with Crippen molar-refractivity contribution in [3.8, 4) is 34.5 Å². The highest BCUT2D eigenvalue weighted by atomic mass is 19.2. The van der Waals surface area contributed by atoms with Crippen LogP contribution in [0.2, 0.25) is 0 Å². The minimum Gasteiger partial charge on any atom is -0.493 e. The maximum Gasteiger partial charge on any atom is 0.208 e. The highest BCUT2D eigenvalue weighted by Gasteiger charge is 2.30. The lowest BCUT2D eigenvalue weighted by atomic mass is 10.2. The molecular formula is C20H14F4O4. The Kier molecular flexibility index (Phi) is 5.58. The molecule has 0 aliphatic heterocycles. The molecule has 0 atom stereocenters. The van der Waals surface area contributed by atoms with Crippen LogP contribution < -0.4 is 18.9 Å². The third-order valence-electron chi connectivity index (χ3n) is 3.75. The van der Waals surface area contributed by atoms with Crippen molar-refractivity contribution in [2.75, 3.05) is 14.2 Å². The van der Waals surface area contributed by atoms with Gasteiger partial charge < -0.3 is 18.9 Å². The van der Waals surface area contributed by atoms with E-state index in [1.54, 1.807) is 12.1 Å². The van der Waals surface area contributed by atoms with E-state index in [0.29, 0.717) is 0 Å². The zero-order chi connectivity index (χ0) is 20.3. The number of benzene rings is 3. The lowest BCUT2D eigenvalue weighted by Crippen LogP contribution is -2.04. The quantitative estimate of drug-likeness (QED) is 0.389. The second-order valence-electron chi connectivity index (χ2n) is 5.42. The topological polar surface area (TPSA) is 36.9 Å². The van der Waals surface area contributed by atoms with Crippen molar-refractivity contribution in [3.05, 3.63) is 71.8 Å². The lowest BCUT2D eigenvalue weighted by Gasteiger charge is -2.15. The average Bonchev–Trinajstić information content (AvgIpc) is 2.73. The van der Waals surface area contributed by atoms with Gasteiger partial charge in [0.1, 0.15) is 0 Å². The van der Waals surface area contributed by atoms with Crippen LogP contribution in [0.15, 0.2) is 48.5 Å². The Hall–Kier alpha value is -3.42. The zero-order valence-corrected chi connectivity index (χ0v) is 14.8. The van der Waals surface area contributed by atoms with Gasteiger partial charge in [-0.15, -0.1) is 0 Å². The molecule has 0 bridgehead atoms. The summed E-state index contributed by atoms with van der Waals surface area (Å²) in [6.07, 6.45) is 0. The van der Waals surface area contributed by atoms with Crippen LogP contribution in [0.3, 0.4) is 0 Å². The van der Waals surface area contributed by atoms with Gasteiger partial charge in [-0.3, -0.25) is 0 Å². The third kappa shape index (κ3) is 3.53. The van der Waals surface area contributed by atoms with E-state index in [-0.39, 0.29) is 23.0 Å². The fourth-order valence-electron chi connectivity index (χ4n) is 2.40.